The van der Waals surface area contributed by atoms with Crippen LogP contribution in [-0.2, 0) is 4.79 Å². The molecule has 0 heterocycles. The van der Waals surface area contributed by atoms with E-state index in [1.807, 2.05) is 0 Å². The van der Waals surface area contributed by atoms with E-state index in [9.17, 15) is 14.7 Å². The van der Waals surface area contributed by atoms with E-state index in [-0.39, 0.29) is 17.2 Å². The van der Waals surface area contributed by atoms with E-state index in [2.05, 4.69) is 10.6 Å². The molecule has 1 aromatic rings. The third-order valence-electron chi connectivity index (χ3n) is 2.34. The van der Waals surface area contributed by atoms with Gasteiger partial charge in [0.05, 0.1) is 0 Å². The normalized spacial score (nSPS) is 10.1. The molecule has 6 heteroatoms. The Kier molecular flexibility index (Phi) is 5.13. The molecule has 4 N–H and O–H groups in total. The Labute approximate surface area is 105 Å². The minimum atomic E-state index is -1.21. The molecule has 0 saturated heterocycles. The van der Waals surface area contributed by atoms with Gasteiger partial charge in [0.25, 0.3) is 0 Å². The lowest BCUT2D eigenvalue weighted by Crippen LogP contribution is -2.15. The summed E-state index contributed by atoms with van der Waals surface area (Å²) in [7, 11) is 1.81. The lowest BCUT2D eigenvalue weighted by molar-refractivity contribution is -0.116. The molecule has 0 aromatic heterocycles. The number of nitrogens with one attached hydrogen (secondary N) is 2. The Balaban J connectivity index is 2.60. The number of carboxylic acids is 1. The highest BCUT2D eigenvalue weighted by Gasteiger charge is 2.10. The first-order chi connectivity index (χ1) is 8.54. The number of amides is 1. The van der Waals surface area contributed by atoms with Crippen molar-refractivity contribution < 1.29 is 19.8 Å². The summed E-state index contributed by atoms with van der Waals surface area (Å²) in [4.78, 5) is 22.2. The van der Waals surface area contributed by atoms with Crippen LogP contribution in [0.15, 0.2) is 18.2 Å². The highest BCUT2D eigenvalue weighted by molar-refractivity contribution is 5.94. The number of carbonyl (C=O) groups is 2. The largest absolute Gasteiger partial charge is 0.507 e. The minimum Gasteiger partial charge on any atom is -0.507 e. The Morgan fingerprint density at radius 2 is 2.06 bits per heavy atom. The van der Waals surface area contributed by atoms with E-state index in [1.165, 1.54) is 18.2 Å². The van der Waals surface area contributed by atoms with E-state index in [0.29, 0.717) is 18.5 Å². The van der Waals surface area contributed by atoms with Gasteiger partial charge < -0.3 is 20.8 Å². The van der Waals surface area contributed by atoms with Gasteiger partial charge in [-0.1, -0.05) is 0 Å². The van der Waals surface area contributed by atoms with Crippen molar-refractivity contribution in [2.24, 2.45) is 0 Å². The van der Waals surface area contributed by atoms with Crippen LogP contribution in [0.1, 0.15) is 23.2 Å². The number of hydrogen-bond donors (Lipinski definition) is 4. The average molecular weight is 252 g/mol. The van der Waals surface area contributed by atoms with Gasteiger partial charge in [0.1, 0.15) is 11.3 Å². The Morgan fingerprint density at radius 3 is 2.61 bits per heavy atom. The molecule has 6 nitrogen and oxygen atoms in total. The SMILES string of the molecule is CNCCCC(=O)Nc1ccc(C(=O)O)c(O)c1. The van der Waals surface area contributed by atoms with Crippen LogP contribution in [-0.4, -0.2) is 35.7 Å². The number of benzene rings is 1. The number of hydrogen-bond acceptors (Lipinski definition) is 4. The van der Waals surface area contributed by atoms with Crippen molar-refractivity contribution in [3.05, 3.63) is 23.8 Å². The maximum Gasteiger partial charge on any atom is 0.339 e. The Bertz CT molecular complexity index is 446. The fraction of sp³-hybridized carbons (Fsp3) is 0.333. The summed E-state index contributed by atoms with van der Waals surface area (Å²) in [6, 6.07) is 3.92. The predicted molar refractivity (Wildman–Crippen MR) is 66.9 cm³/mol. The van der Waals surface area contributed by atoms with Crippen LogP contribution in [0.3, 0.4) is 0 Å². The highest BCUT2D eigenvalue weighted by Crippen LogP contribution is 2.22. The molecule has 0 aliphatic carbocycles. The van der Waals surface area contributed by atoms with E-state index < -0.39 is 5.97 Å². The third kappa shape index (κ3) is 4.06. The van der Waals surface area contributed by atoms with Crippen LogP contribution in [0.5, 0.6) is 5.75 Å². The van der Waals surface area contributed by atoms with Crippen molar-refractivity contribution in [2.45, 2.75) is 12.8 Å². The second-order valence-corrected chi connectivity index (χ2v) is 3.79. The summed E-state index contributed by atoms with van der Waals surface area (Å²) in [5, 5.41) is 23.7. The van der Waals surface area contributed by atoms with Gasteiger partial charge in [-0.25, -0.2) is 4.79 Å². The van der Waals surface area contributed by atoms with Crippen molar-refractivity contribution in [1.29, 1.82) is 0 Å². The zero-order valence-corrected chi connectivity index (χ0v) is 10.1. The summed E-state index contributed by atoms with van der Waals surface area (Å²) >= 11 is 0. The van der Waals surface area contributed by atoms with Gasteiger partial charge in [0.2, 0.25) is 5.91 Å². The topological polar surface area (TPSA) is 98.7 Å². The van der Waals surface area contributed by atoms with Gasteiger partial charge in [0.15, 0.2) is 0 Å². The van der Waals surface area contributed by atoms with Crippen molar-refractivity contribution in [1.82, 2.24) is 5.32 Å². The fourth-order valence-corrected chi connectivity index (χ4v) is 1.44. The molecule has 18 heavy (non-hydrogen) atoms. The number of aromatic carboxylic acids is 1. The van der Waals surface area contributed by atoms with Crippen LogP contribution < -0.4 is 10.6 Å². The summed E-state index contributed by atoms with van der Waals surface area (Å²) in [5.74, 6) is -1.75. The lowest BCUT2D eigenvalue weighted by Gasteiger charge is -2.07. The molecule has 0 radical (unpaired) electrons. The van der Waals surface area contributed by atoms with Crippen LogP contribution in [0.25, 0.3) is 0 Å². The first kappa shape index (κ1) is 14.0. The van der Waals surface area contributed by atoms with Crippen molar-refractivity contribution in [3.8, 4) is 5.75 Å². The summed E-state index contributed by atoms with van der Waals surface area (Å²) in [5.41, 5.74) is 0.190. The molecule has 1 amide bonds. The van der Waals surface area contributed by atoms with Gasteiger partial charge in [-0.05, 0) is 32.1 Å². The van der Waals surface area contributed by atoms with Crippen LogP contribution in [0.2, 0.25) is 0 Å². The van der Waals surface area contributed by atoms with Crippen LogP contribution in [0, 0.1) is 0 Å². The molecule has 0 aliphatic heterocycles. The predicted octanol–water partition coefficient (Wildman–Crippen LogP) is 1.03. The van der Waals surface area contributed by atoms with Gasteiger partial charge >= 0.3 is 5.97 Å². The third-order valence-corrected chi connectivity index (χ3v) is 2.34. The second-order valence-electron chi connectivity index (χ2n) is 3.79. The Hall–Kier alpha value is -2.08. The zero-order chi connectivity index (χ0) is 13.5. The number of phenols is 1. The second kappa shape index (κ2) is 6.61. The molecule has 0 spiro atoms. The first-order valence-corrected chi connectivity index (χ1v) is 5.55. The summed E-state index contributed by atoms with van der Waals surface area (Å²) in [6.45, 7) is 0.747. The van der Waals surface area contributed by atoms with E-state index in [1.54, 1.807) is 7.05 Å². The molecule has 1 rings (SSSR count). The number of aromatic hydroxyl groups is 1. The average Bonchev–Trinajstić information content (AvgIpc) is 2.28. The van der Waals surface area contributed by atoms with Crippen LogP contribution >= 0.6 is 0 Å². The molecule has 0 atom stereocenters. The molecule has 0 aliphatic rings. The molecule has 0 unspecified atom stereocenters. The van der Waals surface area contributed by atoms with E-state index in [0.717, 1.165) is 6.54 Å². The van der Waals surface area contributed by atoms with Gasteiger partial charge in [-0.15, -0.1) is 0 Å². The fourth-order valence-electron chi connectivity index (χ4n) is 1.44. The maximum absolute atomic E-state index is 11.5. The molecule has 1 aromatic carbocycles. The van der Waals surface area contributed by atoms with Gasteiger partial charge in [0, 0.05) is 18.2 Å². The molecular formula is C12H16N2O4. The zero-order valence-electron chi connectivity index (χ0n) is 10.1. The standard InChI is InChI=1S/C12H16N2O4/c1-13-6-2-3-11(16)14-8-4-5-9(12(17)18)10(15)7-8/h4-5,7,13,15H,2-3,6H2,1H3,(H,14,16)(H,17,18). The van der Waals surface area contributed by atoms with E-state index >= 15 is 0 Å². The quantitative estimate of drug-likeness (QED) is 0.567. The van der Waals surface area contributed by atoms with Gasteiger partial charge in [-0.3, -0.25) is 4.79 Å². The summed E-state index contributed by atoms with van der Waals surface area (Å²) in [6.07, 6.45) is 1.07. The number of anilines is 1. The number of carboxylic acid groups (broad SMARTS) is 1. The van der Waals surface area contributed by atoms with Crippen molar-refractivity contribution in [3.63, 3.8) is 0 Å². The van der Waals surface area contributed by atoms with Crippen molar-refractivity contribution >= 4 is 17.6 Å². The Morgan fingerprint density at radius 1 is 1.33 bits per heavy atom. The number of rotatable bonds is 6. The monoisotopic (exact) mass is 252 g/mol. The maximum atomic E-state index is 11.5. The van der Waals surface area contributed by atoms with Gasteiger partial charge in [-0.2, -0.15) is 0 Å². The smallest absolute Gasteiger partial charge is 0.339 e. The molecule has 0 saturated carbocycles. The highest BCUT2D eigenvalue weighted by atomic mass is 16.4. The molecule has 0 bridgehead atoms. The molecule has 0 fully saturated rings. The van der Waals surface area contributed by atoms with Crippen LogP contribution in [0.4, 0.5) is 5.69 Å². The van der Waals surface area contributed by atoms with E-state index in [4.69, 9.17) is 5.11 Å². The number of carbonyl (C=O) groups excluding carboxylic acids is 1. The molecule has 98 valence electrons. The summed E-state index contributed by atoms with van der Waals surface area (Å²) < 4.78 is 0. The van der Waals surface area contributed by atoms with Crippen molar-refractivity contribution in [2.75, 3.05) is 18.9 Å². The first-order valence-electron chi connectivity index (χ1n) is 5.55. The molecular weight excluding hydrogens is 236 g/mol. The minimum absolute atomic E-state index is 0.173. The lowest BCUT2D eigenvalue weighted by atomic mass is 10.2.